The van der Waals surface area contributed by atoms with Crippen LogP contribution in [0.5, 0.6) is 0 Å². The van der Waals surface area contributed by atoms with E-state index in [0.29, 0.717) is 0 Å². The Labute approximate surface area is 125 Å². The van der Waals surface area contributed by atoms with Crippen LogP contribution in [0.3, 0.4) is 0 Å². The van der Waals surface area contributed by atoms with Crippen molar-refractivity contribution in [3.05, 3.63) is 0 Å². The average molecular weight is 279 g/mol. The highest BCUT2D eigenvalue weighted by Gasteiger charge is 2.28. The molecule has 2 aliphatic heterocycles. The molecule has 0 spiro atoms. The Hall–Kier alpha value is -0.120. The molecule has 3 nitrogen and oxygen atoms in total. The van der Waals surface area contributed by atoms with Crippen LogP contribution in [0.2, 0.25) is 0 Å². The van der Waals surface area contributed by atoms with Crippen molar-refractivity contribution in [1.29, 1.82) is 0 Å². The molecule has 116 valence electrons. The molecule has 2 heterocycles. The van der Waals surface area contributed by atoms with Gasteiger partial charge in [-0.1, -0.05) is 19.8 Å². The van der Waals surface area contributed by atoms with E-state index >= 15 is 0 Å². The van der Waals surface area contributed by atoms with E-state index in [1.165, 1.54) is 78.0 Å². The summed E-state index contributed by atoms with van der Waals surface area (Å²) in [7, 11) is 2.24. The minimum Gasteiger partial charge on any atom is -0.306 e. The molecule has 3 aliphatic rings. The van der Waals surface area contributed by atoms with Gasteiger partial charge in [-0.3, -0.25) is 0 Å². The zero-order valence-electron chi connectivity index (χ0n) is 13.6. The van der Waals surface area contributed by atoms with Crippen molar-refractivity contribution in [2.75, 3.05) is 59.4 Å². The number of hydrogen-bond donors (Lipinski definition) is 0. The third-order valence-corrected chi connectivity index (χ3v) is 5.77. The van der Waals surface area contributed by atoms with Crippen molar-refractivity contribution in [2.24, 2.45) is 17.8 Å². The lowest BCUT2D eigenvalue weighted by molar-refractivity contribution is 0.0548. The summed E-state index contributed by atoms with van der Waals surface area (Å²) in [6.07, 6.45) is 5.91. The van der Waals surface area contributed by atoms with E-state index < -0.39 is 0 Å². The van der Waals surface area contributed by atoms with E-state index in [4.69, 9.17) is 0 Å². The van der Waals surface area contributed by atoms with Gasteiger partial charge in [-0.2, -0.15) is 0 Å². The van der Waals surface area contributed by atoms with Crippen LogP contribution in [0.4, 0.5) is 0 Å². The van der Waals surface area contributed by atoms with E-state index in [9.17, 15) is 0 Å². The number of nitrogens with zero attached hydrogens (tertiary/aromatic N) is 3. The SMILES string of the molecule is CC1CCC(CN2CCN(CC3CN(C)C3)CC2)CC1. The monoisotopic (exact) mass is 279 g/mol. The largest absolute Gasteiger partial charge is 0.306 e. The third kappa shape index (κ3) is 3.96. The zero-order valence-corrected chi connectivity index (χ0v) is 13.6. The lowest BCUT2D eigenvalue weighted by Gasteiger charge is -2.42. The van der Waals surface area contributed by atoms with Crippen LogP contribution in [0, 0.1) is 17.8 Å². The van der Waals surface area contributed by atoms with Crippen molar-refractivity contribution < 1.29 is 0 Å². The fourth-order valence-electron chi connectivity index (χ4n) is 4.34. The second kappa shape index (κ2) is 6.76. The summed E-state index contributed by atoms with van der Waals surface area (Å²) in [5, 5.41) is 0. The fourth-order valence-corrected chi connectivity index (χ4v) is 4.34. The second-order valence-corrected chi connectivity index (χ2v) is 7.81. The van der Waals surface area contributed by atoms with Crippen molar-refractivity contribution in [1.82, 2.24) is 14.7 Å². The summed E-state index contributed by atoms with van der Waals surface area (Å²) in [6.45, 7) is 13.0. The maximum atomic E-state index is 2.74. The summed E-state index contributed by atoms with van der Waals surface area (Å²) in [6, 6.07) is 0. The van der Waals surface area contributed by atoms with Gasteiger partial charge in [-0.15, -0.1) is 0 Å². The molecule has 3 fully saturated rings. The summed E-state index contributed by atoms with van der Waals surface area (Å²) in [4.78, 5) is 7.88. The van der Waals surface area contributed by atoms with Crippen LogP contribution in [-0.4, -0.2) is 74.1 Å². The molecule has 0 radical (unpaired) electrons. The molecule has 0 unspecified atom stereocenters. The van der Waals surface area contributed by atoms with Crippen LogP contribution in [0.15, 0.2) is 0 Å². The van der Waals surface area contributed by atoms with E-state index in [1.807, 2.05) is 0 Å². The van der Waals surface area contributed by atoms with Crippen molar-refractivity contribution in [2.45, 2.75) is 32.6 Å². The molecule has 0 aromatic carbocycles. The molecule has 20 heavy (non-hydrogen) atoms. The van der Waals surface area contributed by atoms with Crippen LogP contribution < -0.4 is 0 Å². The third-order valence-electron chi connectivity index (χ3n) is 5.77. The molecule has 3 rings (SSSR count). The predicted octanol–water partition coefficient (Wildman–Crippen LogP) is 1.99. The molecule has 0 amide bonds. The minimum atomic E-state index is 0.950. The minimum absolute atomic E-state index is 0.950. The molecular weight excluding hydrogens is 246 g/mol. The van der Waals surface area contributed by atoms with Gasteiger partial charge in [-0.25, -0.2) is 0 Å². The summed E-state index contributed by atoms with van der Waals surface area (Å²) >= 11 is 0. The molecule has 0 aromatic heterocycles. The Balaban J connectivity index is 1.32. The maximum Gasteiger partial charge on any atom is 0.0110 e. The fraction of sp³-hybridized carbons (Fsp3) is 1.00. The van der Waals surface area contributed by atoms with E-state index in [2.05, 4.69) is 28.7 Å². The Morgan fingerprint density at radius 2 is 1.25 bits per heavy atom. The Bertz CT molecular complexity index is 285. The number of piperazine rings is 1. The van der Waals surface area contributed by atoms with Gasteiger partial charge in [0.1, 0.15) is 0 Å². The van der Waals surface area contributed by atoms with Crippen LogP contribution in [0.25, 0.3) is 0 Å². The molecule has 0 N–H and O–H groups in total. The van der Waals surface area contributed by atoms with Crippen molar-refractivity contribution in [3.8, 4) is 0 Å². The normalized spacial score (nSPS) is 35.1. The Kier molecular flexibility index (Phi) is 5.00. The van der Waals surface area contributed by atoms with Gasteiger partial charge in [0.05, 0.1) is 0 Å². The second-order valence-electron chi connectivity index (χ2n) is 7.81. The summed E-state index contributed by atoms with van der Waals surface area (Å²) in [5.41, 5.74) is 0. The first-order chi connectivity index (χ1) is 9.69. The van der Waals surface area contributed by atoms with Gasteiger partial charge in [0, 0.05) is 52.4 Å². The smallest absolute Gasteiger partial charge is 0.0110 e. The first kappa shape index (κ1) is 14.8. The molecule has 0 aromatic rings. The predicted molar refractivity (Wildman–Crippen MR) is 85.0 cm³/mol. The lowest BCUT2D eigenvalue weighted by atomic mass is 9.83. The van der Waals surface area contributed by atoms with Gasteiger partial charge in [0.25, 0.3) is 0 Å². The Morgan fingerprint density at radius 1 is 0.750 bits per heavy atom. The molecule has 2 saturated heterocycles. The first-order valence-corrected chi connectivity index (χ1v) is 8.82. The van der Waals surface area contributed by atoms with Gasteiger partial charge in [0.15, 0.2) is 0 Å². The van der Waals surface area contributed by atoms with Crippen LogP contribution in [-0.2, 0) is 0 Å². The molecule has 1 saturated carbocycles. The summed E-state index contributed by atoms with van der Waals surface area (Å²) in [5.74, 6) is 2.94. The maximum absolute atomic E-state index is 2.74. The number of likely N-dealkylation sites (tertiary alicyclic amines) is 1. The molecule has 3 heteroatoms. The zero-order chi connectivity index (χ0) is 13.9. The highest BCUT2D eigenvalue weighted by Crippen LogP contribution is 2.29. The lowest BCUT2D eigenvalue weighted by Crippen LogP contribution is -2.54. The van der Waals surface area contributed by atoms with E-state index in [0.717, 1.165) is 17.8 Å². The van der Waals surface area contributed by atoms with E-state index in [1.54, 1.807) is 0 Å². The highest BCUT2D eigenvalue weighted by atomic mass is 15.3. The van der Waals surface area contributed by atoms with Crippen LogP contribution in [0.1, 0.15) is 32.6 Å². The topological polar surface area (TPSA) is 9.72 Å². The molecule has 0 atom stereocenters. The average Bonchev–Trinajstić information content (AvgIpc) is 2.42. The first-order valence-electron chi connectivity index (χ1n) is 8.82. The summed E-state index contributed by atoms with van der Waals surface area (Å²) < 4.78 is 0. The van der Waals surface area contributed by atoms with E-state index in [-0.39, 0.29) is 0 Å². The van der Waals surface area contributed by atoms with Gasteiger partial charge < -0.3 is 14.7 Å². The van der Waals surface area contributed by atoms with Crippen molar-refractivity contribution >= 4 is 0 Å². The van der Waals surface area contributed by atoms with Gasteiger partial charge in [0.2, 0.25) is 0 Å². The Morgan fingerprint density at radius 3 is 1.75 bits per heavy atom. The van der Waals surface area contributed by atoms with Crippen molar-refractivity contribution in [3.63, 3.8) is 0 Å². The van der Waals surface area contributed by atoms with Gasteiger partial charge in [-0.05, 0) is 37.6 Å². The molecule has 1 aliphatic carbocycles. The van der Waals surface area contributed by atoms with Crippen LogP contribution >= 0.6 is 0 Å². The highest BCUT2D eigenvalue weighted by molar-refractivity contribution is 4.83. The molecule has 0 bridgehead atoms. The standard InChI is InChI=1S/C17H33N3/c1-15-3-5-16(6-4-15)13-19-7-9-20(10-8-19)14-17-11-18(2)12-17/h15-17H,3-14H2,1-2H3. The molecular formula is C17H33N3. The van der Waals surface area contributed by atoms with Gasteiger partial charge >= 0.3 is 0 Å². The number of hydrogen-bond acceptors (Lipinski definition) is 3. The number of rotatable bonds is 4. The quantitative estimate of drug-likeness (QED) is 0.779.